The highest BCUT2D eigenvalue weighted by Gasteiger charge is 2.19. The molecule has 0 aliphatic carbocycles. The highest BCUT2D eigenvalue weighted by Crippen LogP contribution is 2.17. The van der Waals surface area contributed by atoms with Gasteiger partial charge in [-0.3, -0.25) is 14.4 Å². The number of carbonyl (C=O) groups excluding carboxylic acids is 3. The van der Waals surface area contributed by atoms with Crippen LogP contribution in [0.15, 0.2) is 36.5 Å². The first-order chi connectivity index (χ1) is 35.0. The van der Waals surface area contributed by atoms with Gasteiger partial charge in [0.05, 0.1) is 0 Å². The Labute approximate surface area is 442 Å². The maximum absolute atomic E-state index is 12.9. The Morgan fingerprint density at radius 1 is 0.282 bits per heavy atom. The Morgan fingerprint density at radius 2 is 0.507 bits per heavy atom. The van der Waals surface area contributed by atoms with E-state index >= 15 is 0 Å². The molecule has 0 spiro atoms. The van der Waals surface area contributed by atoms with Crippen molar-refractivity contribution in [1.29, 1.82) is 0 Å². The molecule has 0 bridgehead atoms. The van der Waals surface area contributed by atoms with Crippen molar-refractivity contribution in [2.75, 3.05) is 13.2 Å². The van der Waals surface area contributed by atoms with Crippen LogP contribution in [0.2, 0.25) is 0 Å². The third kappa shape index (κ3) is 58.4. The van der Waals surface area contributed by atoms with Gasteiger partial charge in [-0.1, -0.05) is 282 Å². The molecule has 0 aliphatic rings. The van der Waals surface area contributed by atoms with Crippen molar-refractivity contribution >= 4 is 17.9 Å². The zero-order chi connectivity index (χ0) is 51.4. The number of carbonyl (C=O) groups is 3. The highest BCUT2D eigenvalue weighted by atomic mass is 16.6. The predicted octanol–water partition coefficient (Wildman–Crippen LogP) is 21.2. The molecular weight excluding hydrogens is 877 g/mol. The van der Waals surface area contributed by atoms with E-state index in [4.69, 9.17) is 14.2 Å². The molecule has 0 rings (SSSR count). The van der Waals surface area contributed by atoms with Gasteiger partial charge in [-0.2, -0.15) is 0 Å². The highest BCUT2D eigenvalue weighted by molar-refractivity contribution is 5.71. The lowest BCUT2D eigenvalue weighted by atomic mass is 10.0. The van der Waals surface area contributed by atoms with E-state index in [0.29, 0.717) is 19.3 Å². The summed E-state index contributed by atoms with van der Waals surface area (Å²) in [5.74, 6) is -0.871. The number of allylic oxidation sites excluding steroid dienone is 6. The minimum atomic E-state index is -0.778. The van der Waals surface area contributed by atoms with Crippen LogP contribution in [0.5, 0.6) is 0 Å². The van der Waals surface area contributed by atoms with E-state index in [2.05, 4.69) is 57.2 Å². The molecule has 6 heteroatoms. The molecule has 6 nitrogen and oxygen atoms in total. The van der Waals surface area contributed by atoms with Gasteiger partial charge >= 0.3 is 17.9 Å². The molecule has 71 heavy (non-hydrogen) atoms. The van der Waals surface area contributed by atoms with Crippen molar-refractivity contribution in [3.8, 4) is 0 Å². The summed E-state index contributed by atoms with van der Waals surface area (Å²) in [4.78, 5) is 38.3. The number of hydrogen-bond acceptors (Lipinski definition) is 6. The molecule has 0 radical (unpaired) electrons. The van der Waals surface area contributed by atoms with Gasteiger partial charge in [0.2, 0.25) is 0 Å². The Morgan fingerprint density at radius 3 is 0.817 bits per heavy atom. The third-order valence-electron chi connectivity index (χ3n) is 14.1. The molecule has 0 aliphatic heterocycles. The van der Waals surface area contributed by atoms with Gasteiger partial charge in [0.15, 0.2) is 6.10 Å². The molecule has 0 unspecified atom stereocenters. The van der Waals surface area contributed by atoms with Crippen LogP contribution in [0.1, 0.15) is 342 Å². The summed E-state index contributed by atoms with van der Waals surface area (Å²) < 4.78 is 16.9. The Balaban J connectivity index is 4.32. The van der Waals surface area contributed by atoms with Crippen molar-refractivity contribution in [1.82, 2.24) is 0 Å². The average Bonchev–Trinajstić information content (AvgIpc) is 3.37. The van der Waals surface area contributed by atoms with E-state index in [9.17, 15) is 14.4 Å². The van der Waals surface area contributed by atoms with Gasteiger partial charge in [-0.05, 0) is 77.0 Å². The van der Waals surface area contributed by atoms with Gasteiger partial charge in [-0.25, -0.2) is 0 Å². The lowest BCUT2D eigenvalue weighted by Gasteiger charge is -2.18. The smallest absolute Gasteiger partial charge is 0.306 e. The van der Waals surface area contributed by atoms with Crippen LogP contribution in [0.4, 0.5) is 0 Å². The minimum Gasteiger partial charge on any atom is -0.462 e. The first-order valence-electron chi connectivity index (χ1n) is 31.5. The van der Waals surface area contributed by atoms with Crippen molar-refractivity contribution < 1.29 is 28.6 Å². The van der Waals surface area contributed by atoms with Crippen LogP contribution in [-0.4, -0.2) is 37.2 Å². The summed E-state index contributed by atoms with van der Waals surface area (Å²) in [6.45, 7) is 6.65. The van der Waals surface area contributed by atoms with Gasteiger partial charge < -0.3 is 14.2 Å². The van der Waals surface area contributed by atoms with E-state index in [1.165, 1.54) is 225 Å². The second-order valence-electron chi connectivity index (χ2n) is 21.3. The van der Waals surface area contributed by atoms with E-state index in [1.807, 2.05) is 0 Å². The standard InChI is InChI=1S/C65H120O6/c1-4-7-10-13-16-19-22-25-28-30-31-32-33-35-37-40-43-46-49-52-55-58-64(67)70-61-62(60-69-63(66)57-54-51-48-45-42-39-36-27-24-21-18-15-12-9-6-3)71-65(68)59-56-53-50-47-44-41-38-34-29-26-23-20-17-14-11-8-5-2/h18,21,26-27,29,36,62H,4-17,19-20,22-25,28,30-35,37-61H2,1-3H3/b21-18-,29-26-,36-27-/t62-/m1/s1. The topological polar surface area (TPSA) is 78.9 Å². The molecule has 0 aromatic rings. The summed E-state index contributed by atoms with van der Waals surface area (Å²) in [5.41, 5.74) is 0. The molecule has 0 saturated carbocycles. The van der Waals surface area contributed by atoms with Gasteiger partial charge in [0.25, 0.3) is 0 Å². The minimum absolute atomic E-state index is 0.0744. The fourth-order valence-corrected chi connectivity index (χ4v) is 9.35. The molecular formula is C65H120O6. The normalized spacial score (nSPS) is 12.2. The van der Waals surface area contributed by atoms with E-state index in [0.717, 1.165) is 77.0 Å². The second-order valence-corrected chi connectivity index (χ2v) is 21.3. The number of esters is 3. The molecule has 0 aromatic heterocycles. The van der Waals surface area contributed by atoms with Crippen LogP contribution >= 0.6 is 0 Å². The largest absolute Gasteiger partial charge is 0.462 e. The molecule has 0 fully saturated rings. The van der Waals surface area contributed by atoms with E-state index < -0.39 is 6.10 Å². The number of unbranched alkanes of at least 4 members (excludes halogenated alkanes) is 41. The number of rotatable bonds is 58. The van der Waals surface area contributed by atoms with Crippen molar-refractivity contribution in [2.24, 2.45) is 0 Å². The average molecular weight is 998 g/mol. The lowest BCUT2D eigenvalue weighted by molar-refractivity contribution is -0.167. The number of hydrogen-bond donors (Lipinski definition) is 0. The van der Waals surface area contributed by atoms with Crippen LogP contribution in [-0.2, 0) is 28.6 Å². The molecule has 0 N–H and O–H groups in total. The van der Waals surface area contributed by atoms with Crippen LogP contribution in [0.3, 0.4) is 0 Å². The predicted molar refractivity (Wildman–Crippen MR) is 307 cm³/mol. The molecule has 416 valence electrons. The summed E-state index contributed by atoms with van der Waals surface area (Å²) >= 11 is 0. The maximum atomic E-state index is 12.9. The van der Waals surface area contributed by atoms with Gasteiger partial charge in [-0.15, -0.1) is 0 Å². The molecule has 0 saturated heterocycles. The third-order valence-corrected chi connectivity index (χ3v) is 14.1. The number of ether oxygens (including phenoxy) is 3. The first kappa shape index (κ1) is 68.6. The van der Waals surface area contributed by atoms with Crippen molar-refractivity contribution in [3.63, 3.8) is 0 Å². The monoisotopic (exact) mass is 997 g/mol. The van der Waals surface area contributed by atoms with E-state index in [1.54, 1.807) is 0 Å². The summed E-state index contributed by atoms with van der Waals surface area (Å²) in [6, 6.07) is 0. The maximum Gasteiger partial charge on any atom is 0.306 e. The fourth-order valence-electron chi connectivity index (χ4n) is 9.35. The molecule has 1 atom stereocenters. The van der Waals surface area contributed by atoms with Crippen LogP contribution in [0.25, 0.3) is 0 Å². The fraction of sp³-hybridized carbons (Fsp3) is 0.862. The molecule has 0 aromatic carbocycles. The Kier molecular flexibility index (Phi) is 58.2. The van der Waals surface area contributed by atoms with Crippen molar-refractivity contribution in [3.05, 3.63) is 36.5 Å². The van der Waals surface area contributed by atoms with Crippen molar-refractivity contribution in [2.45, 2.75) is 348 Å². The van der Waals surface area contributed by atoms with Gasteiger partial charge in [0.1, 0.15) is 13.2 Å². The zero-order valence-corrected chi connectivity index (χ0v) is 47.8. The Bertz CT molecular complexity index is 1190. The van der Waals surface area contributed by atoms with E-state index in [-0.39, 0.29) is 31.1 Å². The van der Waals surface area contributed by atoms with Crippen LogP contribution < -0.4 is 0 Å². The second kappa shape index (κ2) is 60.2. The quantitative estimate of drug-likeness (QED) is 0.0261. The summed E-state index contributed by atoms with van der Waals surface area (Å²) in [7, 11) is 0. The lowest BCUT2D eigenvalue weighted by Crippen LogP contribution is -2.30. The van der Waals surface area contributed by atoms with Gasteiger partial charge in [0, 0.05) is 19.3 Å². The van der Waals surface area contributed by atoms with Crippen LogP contribution in [0, 0.1) is 0 Å². The molecule has 0 heterocycles. The SMILES string of the molecule is CCCCC/C=C\C/C=C\CCCCCCCC(=O)OC[C@H](COC(=O)CCCCCCCCCCCCCCCCCCCCCCC)OC(=O)CCCCCCCCC/C=C\CCCCCCCC. The Hall–Kier alpha value is -2.37. The summed E-state index contributed by atoms with van der Waals surface area (Å²) in [5, 5.41) is 0. The summed E-state index contributed by atoms with van der Waals surface area (Å²) in [6.07, 6.45) is 72.9. The molecule has 0 amide bonds. The zero-order valence-electron chi connectivity index (χ0n) is 47.8. The first-order valence-corrected chi connectivity index (χ1v) is 31.5.